The molecule has 1 heterocycles. The number of carbonyl (C=O) groups is 1. The average Bonchev–Trinajstić information content (AvgIpc) is 3.01. The van der Waals surface area contributed by atoms with E-state index in [1.807, 2.05) is 61.0 Å². The first-order chi connectivity index (χ1) is 13.6. The highest BCUT2D eigenvalue weighted by atomic mass is 32.2. The summed E-state index contributed by atoms with van der Waals surface area (Å²) in [5.74, 6) is 0.324. The molecular formula is C23H21N3OS. The van der Waals surface area contributed by atoms with Crippen molar-refractivity contribution in [3.05, 3.63) is 84.2 Å². The van der Waals surface area contributed by atoms with Gasteiger partial charge in [-0.25, -0.2) is 4.68 Å². The summed E-state index contributed by atoms with van der Waals surface area (Å²) in [6.07, 6.45) is 0. The van der Waals surface area contributed by atoms with Crippen molar-refractivity contribution in [3.63, 3.8) is 0 Å². The number of carbonyl (C=O) groups excluding carboxylic acids is 1. The van der Waals surface area contributed by atoms with E-state index in [0.717, 1.165) is 27.7 Å². The maximum absolute atomic E-state index is 12.5. The number of amides is 1. The molecular weight excluding hydrogens is 366 g/mol. The van der Waals surface area contributed by atoms with Gasteiger partial charge in [-0.05, 0) is 48.9 Å². The molecule has 28 heavy (non-hydrogen) atoms. The molecule has 1 aromatic heterocycles. The van der Waals surface area contributed by atoms with Gasteiger partial charge >= 0.3 is 0 Å². The zero-order valence-electron chi connectivity index (χ0n) is 15.8. The van der Waals surface area contributed by atoms with Crippen molar-refractivity contribution < 1.29 is 4.79 Å². The molecule has 140 valence electrons. The number of rotatable bonds is 5. The first-order valence-corrected chi connectivity index (χ1v) is 10.1. The Morgan fingerprint density at radius 1 is 0.964 bits per heavy atom. The fourth-order valence-electron chi connectivity index (χ4n) is 3.23. The van der Waals surface area contributed by atoms with Crippen LogP contribution in [0, 0.1) is 13.8 Å². The number of aromatic nitrogens is 2. The predicted octanol–water partition coefficient (Wildman–Crippen LogP) is 5.37. The highest BCUT2D eigenvalue weighted by Crippen LogP contribution is 2.25. The molecule has 0 aliphatic heterocycles. The Bertz CT molecular complexity index is 1140. The molecule has 1 amide bonds. The van der Waals surface area contributed by atoms with Crippen LogP contribution in [-0.2, 0) is 4.79 Å². The highest BCUT2D eigenvalue weighted by molar-refractivity contribution is 8.00. The van der Waals surface area contributed by atoms with Crippen LogP contribution in [0.15, 0.2) is 77.7 Å². The Morgan fingerprint density at radius 3 is 2.46 bits per heavy atom. The second-order valence-corrected chi connectivity index (χ2v) is 7.69. The second-order valence-electron chi connectivity index (χ2n) is 6.64. The molecule has 1 N–H and O–H groups in total. The van der Waals surface area contributed by atoms with Crippen molar-refractivity contribution >= 4 is 34.1 Å². The number of benzene rings is 3. The molecule has 0 spiro atoms. The molecule has 5 heteroatoms. The van der Waals surface area contributed by atoms with Crippen LogP contribution in [-0.4, -0.2) is 21.4 Å². The summed E-state index contributed by atoms with van der Waals surface area (Å²) in [4.78, 5) is 13.6. The van der Waals surface area contributed by atoms with Crippen LogP contribution in [0.5, 0.6) is 0 Å². The lowest BCUT2D eigenvalue weighted by Gasteiger charge is -2.08. The van der Waals surface area contributed by atoms with Crippen LogP contribution in [0.3, 0.4) is 0 Å². The van der Waals surface area contributed by atoms with Gasteiger partial charge in [-0.15, -0.1) is 11.8 Å². The summed E-state index contributed by atoms with van der Waals surface area (Å²) in [6, 6.07) is 24.4. The maximum atomic E-state index is 12.5. The quantitative estimate of drug-likeness (QED) is 0.468. The third-order valence-electron chi connectivity index (χ3n) is 4.65. The molecule has 0 radical (unpaired) electrons. The highest BCUT2D eigenvalue weighted by Gasteiger charge is 2.15. The number of fused-ring (bicyclic) bond motifs is 1. The lowest BCUT2D eigenvalue weighted by molar-refractivity contribution is -0.113. The molecule has 4 aromatic rings. The van der Waals surface area contributed by atoms with Gasteiger partial charge in [0.1, 0.15) is 0 Å². The maximum Gasteiger partial charge on any atom is 0.234 e. The summed E-state index contributed by atoms with van der Waals surface area (Å²) in [5.41, 5.74) is 3.50. The number of anilines is 1. The van der Waals surface area contributed by atoms with Gasteiger partial charge in [-0.1, -0.05) is 48.5 Å². The first kappa shape index (κ1) is 18.3. The SMILES string of the molecule is Cc1nn(-c2ccccc2)c(C)c1NC(=O)CSc1ccc2ccccc2c1. The van der Waals surface area contributed by atoms with Crippen LogP contribution in [0.25, 0.3) is 16.5 Å². The van der Waals surface area contributed by atoms with Gasteiger partial charge in [0, 0.05) is 4.90 Å². The lowest BCUT2D eigenvalue weighted by Crippen LogP contribution is -2.15. The van der Waals surface area contributed by atoms with E-state index in [0.29, 0.717) is 5.75 Å². The van der Waals surface area contributed by atoms with E-state index >= 15 is 0 Å². The lowest BCUT2D eigenvalue weighted by atomic mass is 10.1. The third kappa shape index (κ3) is 3.80. The van der Waals surface area contributed by atoms with Gasteiger partial charge < -0.3 is 5.32 Å². The van der Waals surface area contributed by atoms with E-state index in [-0.39, 0.29) is 5.91 Å². The van der Waals surface area contributed by atoms with Crippen LogP contribution in [0.2, 0.25) is 0 Å². The van der Waals surface area contributed by atoms with E-state index in [1.54, 1.807) is 0 Å². The van der Waals surface area contributed by atoms with Crippen molar-refractivity contribution in [1.82, 2.24) is 9.78 Å². The van der Waals surface area contributed by atoms with Gasteiger partial charge in [0.05, 0.1) is 28.5 Å². The molecule has 4 nitrogen and oxygen atoms in total. The molecule has 0 fully saturated rings. The Balaban J connectivity index is 1.45. The zero-order chi connectivity index (χ0) is 19.5. The Morgan fingerprint density at radius 2 is 1.68 bits per heavy atom. The smallest absolute Gasteiger partial charge is 0.234 e. The minimum Gasteiger partial charge on any atom is -0.322 e. The normalized spacial score (nSPS) is 10.9. The monoisotopic (exact) mass is 387 g/mol. The summed E-state index contributed by atoms with van der Waals surface area (Å²) in [7, 11) is 0. The predicted molar refractivity (Wildman–Crippen MR) is 116 cm³/mol. The average molecular weight is 388 g/mol. The van der Waals surface area contributed by atoms with Crippen molar-refractivity contribution in [2.24, 2.45) is 0 Å². The summed E-state index contributed by atoms with van der Waals surface area (Å²) in [5, 5.41) is 10.0. The minimum absolute atomic E-state index is 0.0306. The Labute approximate surface area is 168 Å². The topological polar surface area (TPSA) is 46.9 Å². The standard InChI is InChI=1S/C23H21N3OS/c1-16-23(17(2)26(25-16)20-10-4-3-5-11-20)24-22(27)15-28-21-13-12-18-8-6-7-9-19(18)14-21/h3-14H,15H2,1-2H3,(H,24,27). The molecule has 0 bridgehead atoms. The molecule has 0 aliphatic carbocycles. The number of para-hydroxylation sites is 1. The first-order valence-electron chi connectivity index (χ1n) is 9.15. The van der Waals surface area contributed by atoms with Gasteiger partial charge in [-0.3, -0.25) is 4.79 Å². The van der Waals surface area contributed by atoms with Crippen molar-refractivity contribution in [3.8, 4) is 5.69 Å². The van der Waals surface area contributed by atoms with E-state index in [4.69, 9.17) is 0 Å². The number of aryl methyl sites for hydroxylation is 1. The van der Waals surface area contributed by atoms with E-state index in [9.17, 15) is 4.79 Å². The Kier molecular flexibility index (Phi) is 5.17. The molecule has 0 atom stereocenters. The van der Waals surface area contributed by atoms with E-state index in [2.05, 4.69) is 40.7 Å². The van der Waals surface area contributed by atoms with Crippen molar-refractivity contribution in [2.75, 3.05) is 11.1 Å². The minimum atomic E-state index is -0.0306. The second kappa shape index (κ2) is 7.90. The zero-order valence-corrected chi connectivity index (χ0v) is 16.7. The molecule has 0 saturated carbocycles. The van der Waals surface area contributed by atoms with Crippen molar-refractivity contribution in [2.45, 2.75) is 18.7 Å². The molecule has 0 saturated heterocycles. The third-order valence-corrected chi connectivity index (χ3v) is 5.64. The van der Waals surface area contributed by atoms with Crippen molar-refractivity contribution in [1.29, 1.82) is 0 Å². The van der Waals surface area contributed by atoms with E-state index < -0.39 is 0 Å². The fraction of sp³-hybridized carbons (Fsp3) is 0.130. The number of thioether (sulfide) groups is 1. The summed E-state index contributed by atoms with van der Waals surface area (Å²) >= 11 is 1.54. The Hall–Kier alpha value is -3.05. The molecule has 4 rings (SSSR count). The molecule has 0 aliphatic rings. The summed E-state index contributed by atoms with van der Waals surface area (Å²) in [6.45, 7) is 3.89. The van der Waals surface area contributed by atoms with Crippen LogP contribution >= 0.6 is 11.8 Å². The van der Waals surface area contributed by atoms with Crippen LogP contribution < -0.4 is 5.32 Å². The number of nitrogens with one attached hydrogen (secondary N) is 1. The van der Waals surface area contributed by atoms with Gasteiger partial charge in [0.2, 0.25) is 5.91 Å². The number of hydrogen-bond acceptors (Lipinski definition) is 3. The summed E-state index contributed by atoms with van der Waals surface area (Å²) < 4.78 is 1.86. The van der Waals surface area contributed by atoms with Gasteiger partial charge in [-0.2, -0.15) is 5.10 Å². The molecule has 3 aromatic carbocycles. The van der Waals surface area contributed by atoms with Gasteiger partial charge in [0.15, 0.2) is 0 Å². The van der Waals surface area contributed by atoms with Crippen LogP contribution in [0.1, 0.15) is 11.4 Å². The number of nitrogens with zero attached hydrogens (tertiary/aromatic N) is 2. The largest absolute Gasteiger partial charge is 0.322 e. The van der Waals surface area contributed by atoms with Gasteiger partial charge in [0.25, 0.3) is 0 Å². The fourth-order valence-corrected chi connectivity index (χ4v) is 3.97. The number of hydrogen-bond donors (Lipinski definition) is 1. The van der Waals surface area contributed by atoms with E-state index in [1.165, 1.54) is 22.5 Å². The van der Waals surface area contributed by atoms with Crippen LogP contribution in [0.4, 0.5) is 5.69 Å². The molecule has 0 unspecified atom stereocenters.